The summed E-state index contributed by atoms with van der Waals surface area (Å²) in [5.74, 6) is 0.748. The fraction of sp³-hybridized carbons (Fsp3) is 0.462. The van der Waals surface area contributed by atoms with Gasteiger partial charge in [-0.25, -0.2) is 0 Å². The molecular formula is C26H34N2O3. The Morgan fingerprint density at radius 2 is 1.74 bits per heavy atom. The van der Waals surface area contributed by atoms with Crippen LogP contribution in [-0.4, -0.2) is 36.3 Å². The smallest absolute Gasteiger partial charge is 0.224 e. The number of rotatable bonds is 10. The molecule has 1 amide bonds. The number of ketones is 1. The normalized spacial score (nSPS) is 14.4. The van der Waals surface area contributed by atoms with Crippen molar-refractivity contribution < 1.29 is 14.3 Å². The van der Waals surface area contributed by atoms with Crippen LogP contribution in [0.25, 0.3) is 0 Å². The fourth-order valence-corrected chi connectivity index (χ4v) is 4.12. The molecule has 2 aromatic rings. The Morgan fingerprint density at radius 3 is 2.45 bits per heavy atom. The van der Waals surface area contributed by atoms with E-state index in [0.717, 1.165) is 17.8 Å². The summed E-state index contributed by atoms with van der Waals surface area (Å²) in [6.07, 6.45) is 7.55. The molecule has 1 fully saturated rings. The first-order valence-electron chi connectivity index (χ1n) is 11.3. The van der Waals surface area contributed by atoms with Gasteiger partial charge >= 0.3 is 0 Å². The van der Waals surface area contributed by atoms with E-state index in [-0.39, 0.29) is 11.7 Å². The number of anilines is 1. The number of benzene rings is 2. The van der Waals surface area contributed by atoms with E-state index in [4.69, 9.17) is 4.74 Å². The number of nitrogens with zero attached hydrogens (tertiary/aromatic N) is 1. The van der Waals surface area contributed by atoms with Crippen molar-refractivity contribution in [1.82, 2.24) is 4.90 Å². The molecule has 2 aromatic carbocycles. The summed E-state index contributed by atoms with van der Waals surface area (Å²) in [6.45, 7) is 2.85. The van der Waals surface area contributed by atoms with Crippen LogP contribution in [0.4, 0.5) is 5.69 Å². The lowest BCUT2D eigenvalue weighted by molar-refractivity contribution is -0.116. The summed E-state index contributed by atoms with van der Waals surface area (Å²) in [7, 11) is 2.19. The van der Waals surface area contributed by atoms with Crippen molar-refractivity contribution in [3.63, 3.8) is 0 Å². The van der Waals surface area contributed by atoms with E-state index in [1.54, 1.807) is 31.2 Å². The van der Waals surface area contributed by atoms with Gasteiger partial charge in [0.25, 0.3) is 0 Å². The van der Waals surface area contributed by atoms with Crippen LogP contribution in [0.2, 0.25) is 0 Å². The topological polar surface area (TPSA) is 58.6 Å². The molecule has 0 heterocycles. The van der Waals surface area contributed by atoms with Gasteiger partial charge in [-0.1, -0.05) is 37.5 Å². The van der Waals surface area contributed by atoms with Gasteiger partial charge in [-0.15, -0.1) is 0 Å². The van der Waals surface area contributed by atoms with Gasteiger partial charge in [-0.3, -0.25) is 14.5 Å². The minimum Gasteiger partial charge on any atom is -0.494 e. The van der Waals surface area contributed by atoms with Crippen LogP contribution in [0.5, 0.6) is 5.75 Å². The summed E-state index contributed by atoms with van der Waals surface area (Å²) >= 11 is 0. The Balaban J connectivity index is 1.44. The number of carbonyl (C=O) groups is 2. The Morgan fingerprint density at radius 1 is 1.03 bits per heavy atom. The molecule has 166 valence electrons. The number of Topliss-reactive ketones (excluding diaryl/α,β-unsaturated/α-hetero) is 1. The standard InChI is InChI=1S/C26H34N2O3/c1-20(29)21-14-16-24(17-15-21)31-18-8-13-26(30)27-25-12-7-6-9-22(25)19-28(2)23-10-4-3-5-11-23/h6-7,9,12,14-17,23H,3-5,8,10-11,13,18-19H2,1-2H3,(H,27,30). The van der Waals surface area contributed by atoms with Crippen LogP contribution in [0.15, 0.2) is 48.5 Å². The predicted octanol–water partition coefficient (Wildman–Crippen LogP) is 5.45. The van der Waals surface area contributed by atoms with E-state index in [1.165, 1.54) is 32.1 Å². The molecule has 0 bridgehead atoms. The first kappa shape index (κ1) is 23.0. The van der Waals surface area contributed by atoms with Crippen molar-refractivity contribution in [1.29, 1.82) is 0 Å². The van der Waals surface area contributed by atoms with E-state index >= 15 is 0 Å². The van der Waals surface area contributed by atoms with Crippen LogP contribution in [-0.2, 0) is 11.3 Å². The van der Waals surface area contributed by atoms with Gasteiger partial charge in [-0.05, 0) is 69.1 Å². The largest absolute Gasteiger partial charge is 0.494 e. The van der Waals surface area contributed by atoms with Crippen LogP contribution >= 0.6 is 0 Å². The third kappa shape index (κ3) is 7.21. The first-order valence-corrected chi connectivity index (χ1v) is 11.3. The first-order chi connectivity index (χ1) is 15.0. The van der Waals surface area contributed by atoms with E-state index in [0.29, 0.717) is 36.8 Å². The Labute approximate surface area is 185 Å². The van der Waals surface area contributed by atoms with Crippen molar-refractivity contribution >= 4 is 17.4 Å². The zero-order valence-corrected chi connectivity index (χ0v) is 18.7. The van der Waals surface area contributed by atoms with E-state index < -0.39 is 0 Å². The second-order valence-corrected chi connectivity index (χ2v) is 8.44. The van der Waals surface area contributed by atoms with Crippen molar-refractivity contribution in [2.24, 2.45) is 0 Å². The lowest BCUT2D eigenvalue weighted by Crippen LogP contribution is -2.33. The highest BCUT2D eigenvalue weighted by molar-refractivity contribution is 5.94. The average Bonchev–Trinajstić information content (AvgIpc) is 2.79. The summed E-state index contributed by atoms with van der Waals surface area (Å²) < 4.78 is 5.69. The lowest BCUT2D eigenvalue weighted by Gasteiger charge is -2.31. The SMILES string of the molecule is CC(=O)c1ccc(OCCCC(=O)Nc2ccccc2CN(C)C2CCCCC2)cc1. The second-order valence-electron chi connectivity index (χ2n) is 8.44. The van der Waals surface area contributed by atoms with Gasteiger partial charge < -0.3 is 10.1 Å². The molecule has 0 aromatic heterocycles. The Bertz CT molecular complexity index is 857. The van der Waals surface area contributed by atoms with Gasteiger partial charge in [0.2, 0.25) is 5.91 Å². The second kappa shape index (κ2) is 11.7. The molecule has 0 radical (unpaired) electrons. The maximum absolute atomic E-state index is 12.5. The third-order valence-electron chi connectivity index (χ3n) is 5.99. The number of hydrogen-bond donors (Lipinski definition) is 1. The summed E-state index contributed by atoms with van der Waals surface area (Å²) in [4.78, 5) is 26.2. The van der Waals surface area contributed by atoms with Gasteiger partial charge in [0.15, 0.2) is 5.78 Å². The van der Waals surface area contributed by atoms with Gasteiger partial charge in [0, 0.05) is 30.3 Å². The van der Waals surface area contributed by atoms with Crippen LogP contribution in [0, 0.1) is 0 Å². The zero-order chi connectivity index (χ0) is 22.1. The zero-order valence-electron chi connectivity index (χ0n) is 18.7. The molecule has 1 aliphatic carbocycles. The molecule has 3 rings (SSSR count). The van der Waals surface area contributed by atoms with Crippen molar-refractivity contribution in [2.45, 2.75) is 64.5 Å². The molecule has 0 aliphatic heterocycles. The molecule has 5 nitrogen and oxygen atoms in total. The summed E-state index contributed by atoms with van der Waals surface area (Å²) in [5.41, 5.74) is 2.72. The Kier molecular flexibility index (Phi) is 8.65. The number of nitrogens with one attached hydrogen (secondary N) is 1. The highest BCUT2D eigenvalue weighted by Gasteiger charge is 2.19. The number of ether oxygens (including phenoxy) is 1. The van der Waals surface area contributed by atoms with Crippen LogP contribution in [0.1, 0.15) is 67.8 Å². The molecule has 0 saturated heterocycles. The number of hydrogen-bond acceptors (Lipinski definition) is 4. The van der Waals surface area contributed by atoms with E-state index in [1.807, 2.05) is 18.2 Å². The quantitative estimate of drug-likeness (QED) is 0.408. The monoisotopic (exact) mass is 422 g/mol. The summed E-state index contributed by atoms with van der Waals surface area (Å²) in [6, 6.07) is 15.8. The van der Waals surface area contributed by atoms with Crippen LogP contribution < -0.4 is 10.1 Å². The highest BCUT2D eigenvalue weighted by Crippen LogP contribution is 2.25. The average molecular weight is 423 g/mol. The minimum atomic E-state index is 0.00305. The van der Waals surface area contributed by atoms with Crippen LogP contribution in [0.3, 0.4) is 0 Å². The molecule has 0 unspecified atom stereocenters. The third-order valence-corrected chi connectivity index (χ3v) is 5.99. The number of amides is 1. The lowest BCUT2D eigenvalue weighted by atomic mass is 9.94. The minimum absolute atomic E-state index is 0.00305. The molecule has 1 saturated carbocycles. The molecule has 1 N–H and O–H groups in total. The van der Waals surface area contributed by atoms with E-state index in [2.05, 4.69) is 23.3 Å². The van der Waals surface area contributed by atoms with Gasteiger partial charge in [-0.2, -0.15) is 0 Å². The molecule has 0 spiro atoms. The molecule has 31 heavy (non-hydrogen) atoms. The van der Waals surface area contributed by atoms with E-state index in [9.17, 15) is 9.59 Å². The van der Waals surface area contributed by atoms with Crippen molar-refractivity contribution in [3.8, 4) is 5.75 Å². The molecule has 0 atom stereocenters. The van der Waals surface area contributed by atoms with Gasteiger partial charge in [0.05, 0.1) is 6.61 Å². The molecular weight excluding hydrogens is 388 g/mol. The van der Waals surface area contributed by atoms with Crippen molar-refractivity contribution in [3.05, 3.63) is 59.7 Å². The predicted molar refractivity (Wildman–Crippen MR) is 125 cm³/mol. The van der Waals surface area contributed by atoms with Crippen molar-refractivity contribution in [2.75, 3.05) is 19.0 Å². The maximum atomic E-state index is 12.5. The highest BCUT2D eigenvalue weighted by atomic mass is 16.5. The van der Waals surface area contributed by atoms with Gasteiger partial charge in [0.1, 0.15) is 5.75 Å². The number of carbonyl (C=O) groups excluding carboxylic acids is 2. The number of para-hydroxylation sites is 1. The maximum Gasteiger partial charge on any atom is 0.224 e. The molecule has 1 aliphatic rings. The molecule has 5 heteroatoms. The fourth-order valence-electron chi connectivity index (χ4n) is 4.12. The Hall–Kier alpha value is -2.66. The summed E-state index contributed by atoms with van der Waals surface area (Å²) in [5, 5.41) is 3.08.